The first-order valence-electron chi connectivity index (χ1n) is 8.00. The number of carbonyl (C=O) groups is 1. The Kier molecular flexibility index (Phi) is 2.72. The zero-order valence-corrected chi connectivity index (χ0v) is 11.9. The lowest BCUT2D eigenvalue weighted by Crippen LogP contribution is -2.36. The maximum atomic E-state index is 12.8. The van der Waals surface area contributed by atoms with Crippen LogP contribution in [0.15, 0.2) is 0 Å². The molecule has 7 atom stereocenters. The van der Waals surface area contributed by atoms with E-state index >= 15 is 0 Å². The largest absolute Gasteiger partial charge is 0.461 e. The molecule has 112 valence electrons. The van der Waals surface area contributed by atoms with Crippen molar-refractivity contribution in [1.29, 1.82) is 0 Å². The van der Waals surface area contributed by atoms with Gasteiger partial charge in [0.15, 0.2) is 0 Å². The van der Waals surface area contributed by atoms with Crippen molar-refractivity contribution in [2.45, 2.75) is 45.0 Å². The Labute approximate surface area is 118 Å². The summed E-state index contributed by atoms with van der Waals surface area (Å²) in [5.41, 5.74) is 0. The fraction of sp³-hybridized carbons (Fsp3) is 0.938. The van der Waals surface area contributed by atoms with Crippen molar-refractivity contribution in [2.75, 3.05) is 6.61 Å². The topological polar surface area (TPSA) is 26.3 Å². The van der Waals surface area contributed by atoms with Crippen LogP contribution < -0.4 is 0 Å². The van der Waals surface area contributed by atoms with Crippen molar-refractivity contribution >= 4 is 5.97 Å². The average molecular weight is 284 g/mol. The zero-order chi connectivity index (χ0) is 14.1. The van der Waals surface area contributed by atoms with Gasteiger partial charge in [-0.2, -0.15) is 8.78 Å². The van der Waals surface area contributed by atoms with Crippen molar-refractivity contribution in [3.05, 3.63) is 0 Å². The van der Waals surface area contributed by atoms with E-state index in [4.69, 9.17) is 4.74 Å². The van der Waals surface area contributed by atoms with Crippen molar-refractivity contribution < 1.29 is 18.3 Å². The summed E-state index contributed by atoms with van der Waals surface area (Å²) in [4.78, 5) is 11.2. The molecule has 4 aliphatic carbocycles. The van der Waals surface area contributed by atoms with E-state index < -0.39 is 11.9 Å². The van der Waals surface area contributed by atoms with Gasteiger partial charge in [0.05, 0.1) is 6.61 Å². The first-order valence-corrected chi connectivity index (χ1v) is 8.00. The second-order valence-corrected chi connectivity index (χ2v) is 7.63. The van der Waals surface area contributed by atoms with Gasteiger partial charge in [-0.3, -0.25) is 0 Å². The number of fused-ring (bicyclic) bond motifs is 9. The molecule has 4 aliphatic rings. The van der Waals surface area contributed by atoms with Gasteiger partial charge in [-0.1, -0.05) is 0 Å². The van der Waals surface area contributed by atoms with E-state index in [0.29, 0.717) is 18.8 Å². The third-order valence-corrected chi connectivity index (χ3v) is 6.66. The third kappa shape index (κ3) is 1.75. The smallest absolute Gasteiger partial charge is 0.376 e. The quantitative estimate of drug-likeness (QED) is 0.585. The molecule has 4 bridgehead atoms. The molecule has 0 saturated heterocycles. The molecule has 0 radical (unpaired) electrons. The Morgan fingerprint density at radius 3 is 2.50 bits per heavy atom. The van der Waals surface area contributed by atoms with Gasteiger partial charge in [-0.15, -0.1) is 0 Å². The Morgan fingerprint density at radius 1 is 1.10 bits per heavy atom. The standard InChI is InChI=1S/C16H22F2O2/c1-16(17,18)15(19)20-7-11-5-10-6-12(11)14-9-3-2-8(4-9)13(10)14/h8-14H,2-7H2,1H3. The SMILES string of the molecule is CC(F)(F)C(=O)OCC1CC2CC1C1C3CCC(C3)C21. The molecule has 4 rings (SSSR count). The monoisotopic (exact) mass is 284 g/mol. The number of alkyl halides is 2. The normalized spacial score (nSPS) is 48.6. The summed E-state index contributed by atoms with van der Waals surface area (Å²) in [7, 11) is 0. The Hall–Kier alpha value is -0.670. The molecule has 20 heavy (non-hydrogen) atoms. The van der Waals surface area contributed by atoms with Crippen LogP contribution in [0, 0.1) is 41.4 Å². The lowest BCUT2D eigenvalue weighted by molar-refractivity contribution is -0.171. The van der Waals surface area contributed by atoms with Gasteiger partial charge in [-0.25, -0.2) is 4.79 Å². The van der Waals surface area contributed by atoms with Gasteiger partial charge in [0.25, 0.3) is 0 Å². The van der Waals surface area contributed by atoms with Crippen molar-refractivity contribution in [2.24, 2.45) is 41.4 Å². The summed E-state index contributed by atoms with van der Waals surface area (Å²) in [6, 6.07) is 0. The first kappa shape index (κ1) is 13.0. The molecule has 0 amide bonds. The van der Waals surface area contributed by atoms with Gasteiger partial charge in [0.2, 0.25) is 0 Å². The predicted octanol–water partition coefficient (Wildman–Crippen LogP) is 3.50. The maximum absolute atomic E-state index is 12.8. The van der Waals surface area contributed by atoms with Crippen molar-refractivity contribution in [1.82, 2.24) is 0 Å². The number of hydrogen-bond acceptors (Lipinski definition) is 2. The van der Waals surface area contributed by atoms with E-state index in [2.05, 4.69) is 0 Å². The van der Waals surface area contributed by atoms with Crippen LogP contribution in [-0.2, 0) is 9.53 Å². The summed E-state index contributed by atoms with van der Waals surface area (Å²) in [6.45, 7) is 0.826. The molecule has 0 heterocycles. The minimum Gasteiger partial charge on any atom is -0.461 e. The molecule has 0 spiro atoms. The van der Waals surface area contributed by atoms with Crippen LogP contribution in [0.5, 0.6) is 0 Å². The molecule has 0 aromatic carbocycles. The van der Waals surface area contributed by atoms with E-state index in [1.54, 1.807) is 0 Å². The van der Waals surface area contributed by atoms with Crippen LogP contribution in [0.4, 0.5) is 8.78 Å². The zero-order valence-electron chi connectivity index (χ0n) is 11.9. The molecule has 0 aromatic rings. The number of ether oxygens (including phenoxy) is 1. The second-order valence-electron chi connectivity index (χ2n) is 7.63. The maximum Gasteiger partial charge on any atom is 0.376 e. The molecule has 0 N–H and O–H groups in total. The molecule has 4 saturated carbocycles. The van der Waals surface area contributed by atoms with Crippen LogP contribution in [-0.4, -0.2) is 18.5 Å². The highest BCUT2D eigenvalue weighted by atomic mass is 19.3. The summed E-state index contributed by atoms with van der Waals surface area (Å²) < 4.78 is 30.6. The Bertz CT molecular complexity index is 431. The van der Waals surface area contributed by atoms with Crippen LogP contribution >= 0.6 is 0 Å². The number of esters is 1. The number of hydrogen-bond donors (Lipinski definition) is 0. The minimum absolute atomic E-state index is 0.212. The number of rotatable bonds is 3. The van der Waals surface area contributed by atoms with E-state index in [0.717, 1.165) is 36.0 Å². The van der Waals surface area contributed by atoms with Gasteiger partial charge < -0.3 is 4.74 Å². The summed E-state index contributed by atoms with van der Waals surface area (Å²) in [6.07, 6.45) is 6.54. The summed E-state index contributed by atoms with van der Waals surface area (Å²) in [5.74, 6) is 0.611. The van der Waals surface area contributed by atoms with Crippen LogP contribution in [0.2, 0.25) is 0 Å². The number of halogens is 2. The van der Waals surface area contributed by atoms with E-state index in [9.17, 15) is 13.6 Å². The highest BCUT2D eigenvalue weighted by Crippen LogP contribution is 2.68. The molecule has 0 aromatic heterocycles. The molecule has 0 aliphatic heterocycles. The van der Waals surface area contributed by atoms with Gasteiger partial charge in [-0.05, 0) is 73.5 Å². The van der Waals surface area contributed by atoms with Crippen LogP contribution in [0.3, 0.4) is 0 Å². The van der Waals surface area contributed by atoms with E-state index in [-0.39, 0.29) is 6.61 Å². The third-order valence-electron chi connectivity index (χ3n) is 6.66. The van der Waals surface area contributed by atoms with Gasteiger partial charge in [0.1, 0.15) is 0 Å². The van der Waals surface area contributed by atoms with Crippen LogP contribution in [0.1, 0.15) is 39.0 Å². The van der Waals surface area contributed by atoms with Gasteiger partial charge >= 0.3 is 11.9 Å². The molecular weight excluding hydrogens is 262 g/mol. The number of carbonyl (C=O) groups excluding carboxylic acids is 1. The summed E-state index contributed by atoms with van der Waals surface area (Å²) in [5, 5.41) is 0. The second kappa shape index (κ2) is 4.17. The highest BCUT2D eigenvalue weighted by molar-refractivity contribution is 5.76. The van der Waals surface area contributed by atoms with Crippen molar-refractivity contribution in [3.63, 3.8) is 0 Å². The highest BCUT2D eigenvalue weighted by Gasteiger charge is 2.62. The molecular formula is C16H22F2O2. The average Bonchev–Trinajstić information content (AvgIpc) is 3.11. The van der Waals surface area contributed by atoms with Gasteiger partial charge in [0, 0.05) is 6.92 Å². The van der Waals surface area contributed by atoms with Crippen molar-refractivity contribution in [3.8, 4) is 0 Å². The molecule has 4 fully saturated rings. The lowest BCUT2D eigenvalue weighted by atomic mass is 9.68. The summed E-state index contributed by atoms with van der Waals surface area (Å²) >= 11 is 0. The Morgan fingerprint density at radius 2 is 1.80 bits per heavy atom. The fourth-order valence-corrected chi connectivity index (χ4v) is 6.20. The van der Waals surface area contributed by atoms with E-state index in [1.165, 1.54) is 25.7 Å². The molecule has 2 nitrogen and oxygen atoms in total. The molecule has 4 heteroatoms. The predicted molar refractivity (Wildman–Crippen MR) is 69.1 cm³/mol. The first-order chi connectivity index (χ1) is 9.45. The minimum atomic E-state index is -3.35. The van der Waals surface area contributed by atoms with E-state index in [1.807, 2.05) is 0 Å². The lowest BCUT2D eigenvalue weighted by Gasteiger charge is -2.38. The fourth-order valence-electron chi connectivity index (χ4n) is 6.20. The molecule has 7 unspecified atom stereocenters. The van der Waals surface area contributed by atoms with Crippen LogP contribution in [0.25, 0.3) is 0 Å². The Balaban J connectivity index is 1.40.